The fourth-order valence-corrected chi connectivity index (χ4v) is 4.51. The average Bonchev–Trinajstić information content (AvgIpc) is 3.64. The number of carbonyl (C=O) groups is 1. The number of furan rings is 1. The molecule has 1 fully saturated rings. The van der Waals surface area contributed by atoms with Crippen LogP contribution in [-0.4, -0.2) is 49.0 Å². The molecule has 0 aliphatic carbocycles. The molecule has 2 unspecified atom stereocenters. The average molecular weight is 507 g/mol. The van der Waals surface area contributed by atoms with Crippen LogP contribution in [0.1, 0.15) is 35.2 Å². The van der Waals surface area contributed by atoms with E-state index in [1.165, 1.54) is 31.6 Å². The molecule has 2 aromatic carbocycles. The highest BCUT2D eigenvalue weighted by atomic mass is 19.1. The van der Waals surface area contributed by atoms with Crippen LogP contribution in [0.5, 0.6) is 5.75 Å². The van der Waals surface area contributed by atoms with Gasteiger partial charge in [-0.05, 0) is 54.4 Å². The Kier molecular flexibility index (Phi) is 7.29. The third kappa shape index (κ3) is 5.25. The van der Waals surface area contributed by atoms with Crippen LogP contribution in [0.2, 0.25) is 0 Å². The molecule has 1 saturated heterocycles. The van der Waals surface area contributed by atoms with Crippen molar-refractivity contribution in [1.29, 1.82) is 0 Å². The molecule has 5 rings (SSSR count). The van der Waals surface area contributed by atoms with Crippen molar-refractivity contribution in [3.8, 4) is 28.9 Å². The summed E-state index contributed by atoms with van der Waals surface area (Å²) in [4.78, 5) is 13.3. The molecule has 4 aromatic rings. The third-order valence-corrected chi connectivity index (χ3v) is 6.39. The van der Waals surface area contributed by atoms with Crippen molar-refractivity contribution in [2.75, 3.05) is 32.2 Å². The van der Waals surface area contributed by atoms with Gasteiger partial charge in [-0.1, -0.05) is 13.0 Å². The maximum absolute atomic E-state index is 14.7. The number of benzene rings is 2. The van der Waals surface area contributed by atoms with Gasteiger partial charge in [0.1, 0.15) is 11.6 Å². The Morgan fingerprint density at radius 1 is 1.22 bits per heavy atom. The quantitative estimate of drug-likeness (QED) is 0.348. The van der Waals surface area contributed by atoms with Gasteiger partial charge in [-0.15, -0.1) is 10.2 Å². The monoisotopic (exact) mass is 506 g/mol. The summed E-state index contributed by atoms with van der Waals surface area (Å²) in [5.74, 6) is 0.197. The minimum absolute atomic E-state index is 0.0258. The molecule has 1 amide bonds. The van der Waals surface area contributed by atoms with E-state index in [0.29, 0.717) is 35.9 Å². The van der Waals surface area contributed by atoms with Crippen LogP contribution in [-0.2, 0) is 4.74 Å². The first-order chi connectivity index (χ1) is 18.1. The number of anilines is 1. The molecule has 0 radical (unpaired) electrons. The number of hydrogen-bond acceptors (Lipinski definition) is 8. The van der Waals surface area contributed by atoms with Crippen molar-refractivity contribution in [3.05, 3.63) is 71.7 Å². The molecule has 2 atom stereocenters. The van der Waals surface area contributed by atoms with Crippen molar-refractivity contribution in [2.45, 2.75) is 25.3 Å². The summed E-state index contributed by atoms with van der Waals surface area (Å²) in [6.07, 6.45) is 2.35. The summed E-state index contributed by atoms with van der Waals surface area (Å²) in [5, 5.41) is 14.1. The Morgan fingerprint density at radius 2 is 2.08 bits per heavy atom. The highest BCUT2D eigenvalue weighted by Gasteiger charge is 2.26. The van der Waals surface area contributed by atoms with E-state index in [0.717, 1.165) is 18.5 Å². The zero-order valence-electron chi connectivity index (χ0n) is 20.5. The van der Waals surface area contributed by atoms with Crippen molar-refractivity contribution in [2.24, 2.45) is 0 Å². The van der Waals surface area contributed by atoms with Crippen molar-refractivity contribution in [3.63, 3.8) is 0 Å². The number of halogens is 1. The third-order valence-electron chi connectivity index (χ3n) is 6.39. The van der Waals surface area contributed by atoms with Gasteiger partial charge in [-0.3, -0.25) is 4.79 Å². The van der Waals surface area contributed by atoms with Crippen LogP contribution in [0.15, 0.2) is 63.6 Å². The van der Waals surface area contributed by atoms with Crippen LogP contribution in [0.4, 0.5) is 10.1 Å². The number of nitrogens with one attached hydrogen (secondary N) is 2. The predicted octanol–water partition coefficient (Wildman–Crippen LogP) is 4.88. The fourth-order valence-electron chi connectivity index (χ4n) is 4.51. The fraction of sp³-hybridized carbons (Fsp3) is 0.296. The Bertz CT molecular complexity index is 1370. The molecule has 2 aromatic heterocycles. The second kappa shape index (κ2) is 10.9. The Labute approximate surface area is 213 Å². The number of hydrogen-bond donors (Lipinski definition) is 2. The Balaban J connectivity index is 1.40. The highest BCUT2D eigenvalue weighted by molar-refractivity contribution is 6.06. The van der Waals surface area contributed by atoms with Crippen molar-refractivity contribution in [1.82, 2.24) is 15.5 Å². The number of morpholine rings is 1. The maximum atomic E-state index is 14.7. The first-order valence-electron chi connectivity index (χ1n) is 12.0. The Morgan fingerprint density at radius 3 is 2.81 bits per heavy atom. The number of amides is 1. The van der Waals surface area contributed by atoms with E-state index in [4.69, 9.17) is 18.3 Å². The lowest BCUT2D eigenvalue weighted by atomic mass is 9.87. The van der Waals surface area contributed by atoms with Gasteiger partial charge >= 0.3 is 0 Å². The van der Waals surface area contributed by atoms with Crippen LogP contribution < -0.4 is 15.4 Å². The summed E-state index contributed by atoms with van der Waals surface area (Å²) in [5.41, 5.74) is 1.69. The highest BCUT2D eigenvalue weighted by Crippen LogP contribution is 2.31. The molecule has 0 saturated carbocycles. The number of rotatable bonds is 8. The van der Waals surface area contributed by atoms with Crippen molar-refractivity contribution < 1.29 is 27.5 Å². The molecular formula is C27H27FN4O5. The van der Waals surface area contributed by atoms with Gasteiger partial charge in [0.2, 0.25) is 5.89 Å². The normalized spacial score (nSPS) is 16.4. The van der Waals surface area contributed by atoms with Crippen LogP contribution in [0, 0.1) is 5.82 Å². The lowest BCUT2D eigenvalue weighted by Gasteiger charge is -2.31. The summed E-state index contributed by atoms with van der Waals surface area (Å²) >= 11 is 0. The minimum atomic E-state index is -0.604. The maximum Gasteiger partial charge on any atom is 0.283 e. The van der Waals surface area contributed by atoms with Gasteiger partial charge < -0.3 is 28.9 Å². The second-order valence-electron chi connectivity index (χ2n) is 8.65. The molecule has 0 spiro atoms. The number of aromatic nitrogens is 2. The van der Waals surface area contributed by atoms with Gasteiger partial charge in [0, 0.05) is 24.1 Å². The zero-order chi connectivity index (χ0) is 25.8. The van der Waals surface area contributed by atoms with Crippen molar-refractivity contribution >= 4 is 11.6 Å². The molecule has 1 aliphatic heterocycles. The van der Waals surface area contributed by atoms with Gasteiger partial charge in [-0.25, -0.2) is 4.39 Å². The first-order valence-corrected chi connectivity index (χ1v) is 12.0. The largest absolute Gasteiger partial charge is 0.496 e. The van der Waals surface area contributed by atoms with E-state index in [9.17, 15) is 9.18 Å². The lowest BCUT2D eigenvalue weighted by molar-refractivity contribution is 0.0673. The SMILES string of the molecule is CCC(c1ccc(OC)c(C(=O)Nc2cc(-c3nnc(-c4ccco4)o3)ccc2F)c1)C1COCCN1. The van der Waals surface area contributed by atoms with Gasteiger partial charge in [0.05, 0.1) is 37.8 Å². The van der Waals surface area contributed by atoms with Gasteiger partial charge in [0.25, 0.3) is 11.8 Å². The predicted molar refractivity (Wildman–Crippen MR) is 134 cm³/mol. The van der Waals surface area contributed by atoms with E-state index in [1.54, 1.807) is 24.3 Å². The molecule has 2 N–H and O–H groups in total. The number of ether oxygens (including phenoxy) is 2. The van der Waals surface area contributed by atoms with E-state index in [-0.39, 0.29) is 29.4 Å². The summed E-state index contributed by atoms with van der Waals surface area (Å²) in [7, 11) is 1.49. The molecule has 192 valence electrons. The molecule has 3 heterocycles. The standard InChI is InChI=1S/C27H27FN4O5/c1-3-18(22-15-35-12-10-29-22)16-7-9-23(34-2)19(13-16)25(33)30-21-14-17(6-8-20(21)28)26-31-32-27(37-26)24-5-4-11-36-24/h4-9,11,13-14,18,22,29H,3,10,12,15H2,1-2H3,(H,30,33). The summed E-state index contributed by atoms with van der Waals surface area (Å²) in [6, 6.07) is 13.2. The van der Waals surface area contributed by atoms with Gasteiger partial charge in [0.15, 0.2) is 5.76 Å². The number of nitrogens with zero attached hydrogens (tertiary/aromatic N) is 2. The van der Waals surface area contributed by atoms with E-state index in [1.807, 2.05) is 6.07 Å². The molecule has 0 bridgehead atoms. The minimum Gasteiger partial charge on any atom is -0.496 e. The van der Waals surface area contributed by atoms with E-state index in [2.05, 4.69) is 27.8 Å². The van der Waals surface area contributed by atoms with Crippen LogP contribution in [0.3, 0.4) is 0 Å². The van der Waals surface area contributed by atoms with E-state index < -0.39 is 11.7 Å². The topological polar surface area (TPSA) is 112 Å². The number of carbonyl (C=O) groups excluding carboxylic acids is 1. The molecule has 37 heavy (non-hydrogen) atoms. The summed E-state index contributed by atoms with van der Waals surface area (Å²) < 4.78 is 36.7. The van der Waals surface area contributed by atoms with Crippen LogP contribution >= 0.6 is 0 Å². The van der Waals surface area contributed by atoms with Crippen LogP contribution in [0.25, 0.3) is 23.1 Å². The summed E-state index contributed by atoms with van der Waals surface area (Å²) in [6.45, 7) is 4.16. The lowest BCUT2D eigenvalue weighted by Crippen LogP contribution is -2.45. The Hall–Kier alpha value is -4.02. The molecule has 10 heteroatoms. The molecule has 9 nitrogen and oxygen atoms in total. The number of methoxy groups -OCH3 is 1. The van der Waals surface area contributed by atoms with Gasteiger partial charge in [-0.2, -0.15) is 0 Å². The van der Waals surface area contributed by atoms with E-state index >= 15 is 0 Å². The first kappa shape index (κ1) is 24.7. The molecular weight excluding hydrogens is 479 g/mol. The molecule has 1 aliphatic rings. The zero-order valence-corrected chi connectivity index (χ0v) is 20.5. The second-order valence-corrected chi connectivity index (χ2v) is 8.65. The smallest absolute Gasteiger partial charge is 0.283 e.